The number of hydrogen-bond donors (Lipinski definition) is 0. The van der Waals surface area contributed by atoms with Gasteiger partial charge in [-0.25, -0.2) is 4.79 Å². The number of benzene rings is 1. The molecule has 3 nitrogen and oxygen atoms in total. The van der Waals surface area contributed by atoms with E-state index in [1.54, 1.807) is 25.1 Å². The highest BCUT2D eigenvalue weighted by atomic mass is 35.5. The zero-order chi connectivity index (χ0) is 11.4. The van der Waals surface area contributed by atoms with Gasteiger partial charge in [0.25, 0.3) is 0 Å². The third-order valence-electron chi connectivity index (χ3n) is 1.98. The fourth-order valence-electron chi connectivity index (χ4n) is 1.11. The van der Waals surface area contributed by atoms with E-state index < -0.39 is 12.1 Å². The van der Waals surface area contributed by atoms with Crippen LogP contribution in [0.3, 0.4) is 0 Å². The van der Waals surface area contributed by atoms with E-state index in [1.807, 2.05) is 6.92 Å². The van der Waals surface area contributed by atoms with Gasteiger partial charge in [0.15, 0.2) is 6.10 Å². The number of methoxy groups -OCH3 is 1. The van der Waals surface area contributed by atoms with Crippen LogP contribution in [-0.4, -0.2) is 19.2 Å². The van der Waals surface area contributed by atoms with Gasteiger partial charge in [-0.1, -0.05) is 11.6 Å². The van der Waals surface area contributed by atoms with E-state index in [-0.39, 0.29) is 0 Å². The van der Waals surface area contributed by atoms with Crippen LogP contribution in [0.2, 0.25) is 5.02 Å². The molecule has 4 heteroatoms. The van der Waals surface area contributed by atoms with E-state index in [0.717, 1.165) is 5.56 Å². The normalized spacial score (nSPS) is 12.0. The minimum atomic E-state index is -0.615. The second kappa shape index (κ2) is 5.03. The molecule has 0 aliphatic carbocycles. The Morgan fingerprint density at radius 1 is 1.47 bits per heavy atom. The Kier molecular flexibility index (Phi) is 3.97. The number of ether oxygens (including phenoxy) is 2. The van der Waals surface area contributed by atoms with E-state index >= 15 is 0 Å². The van der Waals surface area contributed by atoms with Crippen molar-refractivity contribution < 1.29 is 14.3 Å². The van der Waals surface area contributed by atoms with Crippen molar-refractivity contribution >= 4 is 17.6 Å². The molecule has 0 unspecified atom stereocenters. The zero-order valence-corrected chi connectivity index (χ0v) is 9.67. The van der Waals surface area contributed by atoms with Crippen LogP contribution in [0.15, 0.2) is 18.2 Å². The van der Waals surface area contributed by atoms with E-state index in [2.05, 4.69) is 4.74 Å². The van der Waals surface area contributed by atoms with Gasteiger partial charge in [-0.2, -0.15) is 0 Å². The van der Waals surface area contributed by atoms with Crippen molar-refractivity contribution in [1.29, 1.82) is 0 Å². The van der Waals surface area contributed by atoms with Gasteiger partial charge >= 0.3 is 5.97 Å². The van der Waals surface area contributed by atoms with Crippen LogP contribution >= 0.6 is 11.6 Å². The summed E-state index contributed by atoms with van der Waals surface area (Å²) in [7, 11) is 1.33. The number of halogens is 1. The molecule has 1 rings (SSSR count). The molecule has 0 amide bonds. The van der Waals surface area contributed by atoms with E-state index in [4.69, 9.17) is 16.3 Å². The maximum Gasteiger partial charge on any atom is 0.346 e. The van der Waals surface area contributed by atoms with E-state index in [9.17, 15) is 4.79 Å². The fourth-order valence-corrected chi connectivity index (χ4v) is 1.23. The lowest BCUT2D eigenvalue weighted by atomic mass is 10.2. The molecule has 0 aromatic heterocycles. The molecule has 1 aromatic rings. The Morgan fingerprint density at radius 2 is 2.13 bits per heavy atom. The average molecular weight is 229 g/mol. The predicted octanol–water partition coefficient (Wildman–Crippen LogP) is 2.59. The summed E-state index contributed by atoms with van der Waals surface area (Å²) in [6, 6.07) is 5.23. The summed E-state index contributed by atoms with van der Waals surface area (Å²) in [6.07, 6.45) is -0.615. The Balaban J connectivity index is 2.73. The number of carbonyl (C=O) groups is 1. The highest BCUT2D eigenvalue weighted by Gasteiger charge is 2.14. The second-order valence-corrected chi connectivity index (χ2v) is 3.60. The van der Waals surface area contributed by atoms with Crippen molar-refractivity contribution in [2.45, 2.75) is 20.0 Å². The third-order valence-corrected chi connectivity index (χ3v) is 2.40. The highest BCUT2D eigenvalue weighted by molar-refractivity contribution is 6.31. The maximum absolute atomic E-state index is 11.1. The summed E-state index contributed by atoms with van der Waals surface area (Å²) < 4.78 is 9.92. The number of hydrogen-bond acceptors (Lipinski definition) is 3. The average Bonchev–Trinajstić information content (AvgIpc) is 2.22. The van der Waals surface area contributed by atoms with Gasteiger partial charge in [-0.05, 0) is 37.6 Å². The molecule has 0 saturated carbocycles. The van der Waals surface area contributed by atoms with Gasteiger partial charge in [0, 0.05) is 5.02 Å². The summed E-state index contributed by atoms with van der Waals surface area (Å²) in [6.45, 7) is 3.51. The predicted molar refractivity (Wildman–Crippen MR) is 58.3 cm³/mol. The minimum absolute atomic E-state index is 0.400. The lowest BCUT2D eigenvalue weighted by Crippen LogP contribution is -2.24. The number of rotatable bonds is 3. The van der Waals surface area contributed by atoms with Crippen LogP contribution in [0.1, 0.15) is 12.5 Å². The van der Waals surface area contributed by atoms with E-state index in [1.165, 1.54) is 7.11 Å². The SMILES string of the molecule is COC(=O)[C@H](C)Oc1ccc(Cl)c(C)c1. The van der Waals surface area contributed by atoms with Crippen LogP contribution in [0.5, 0.6) is 5.75 Å². The summed E-state index contributed by atoms with van der Waals surface area (Å²) in [5, 5.41) is 0.674. The minimum Gasteiger partial charge on any atom is -0.479 e. The molecule has 0 saturated heterocycles. The maximum atomic E-state index is 11.1. The van der Waals surface area contributed by atoms with Crippen LogP contribution in [0, 0.1) is 6.92 Å². The van der Waals surface area contributed by atoms with Gasteiger partial charge < -0.3 is 9.47 Å². The molecule has 15 heavy (non-hydrogen) atoms. The van der Waals surface area contributed by atoms with Crippen molar-refractivity contribution in [3.8, 4) is 5.75 Å². The van der Waals surface area contributed by atoms with Gasteiger partial charge in [0.1, 0.15) is 5.75 Å². The van der Waals surface area contributed by atoms with Crippen LogP contribution in [-0.2, 0) is 9.53 Å². The van der Waals surface area contributed by atoms with Crippen LogP contribution < -0.4 is 4.74 Å². The quantitative estimate of drug-likeness (QED) is 0.746. The van der Waals surface area contributed by atoms with Crippen molar-refractivity contribution in [2.75, 3.05) is 7.11 Å². The lowest BCUT2D eigenvalue weighted by Gasteiger charge is -2.12. The Labute approximate surface area is 93.9 Å². The van der Waals surface area contributed by atoms with Crippen molar-refractivity contribution in [2.24, 2.45) is 0 Å². The smallest absolute Gasteiger partial charge is 0.346 e. The molecule has 1 aromatic carbocycles. The molecule has 0 fully saturated rings. The fraction of sp³-hybridized carbons (Fsp3) is 0.364. The summed E-state index contributed by atoms with van der Waals surface area (Å²) >= 11 is 5.86. The first-order valence-corrected chi connectivity index (χ1v) is 4.93. The standard InChI is InChI=1S/C11H13ClO3/c1-7-6-9(4-5-10(7)12)15-8(2)11(13)14-3/h4-6,8H,1-3H3/t8-/m0/s1. The summed E-state index contributed by atoms with van der Waals surface area (Å²) in [5.41, 5.74) is 0.909. The van der Waals surface area contributed by atoms with Crippen molar-refractivity contribution in [3.05, 3.63) is 28.8 Å². The molecular formula is C11H13ClO3. The molecule has 82 valence electrons. The van der Waals surface area contributed by atoms with Gasteiger partial charge in [0.2, 0.25) is 0 Å². The molecular weight excluding hydrogens is 216 g/mol. The Morgan fingerprint density at radius 3 is 2.67 bits per heavy atom. The van der Waals surface area contributed by atoms with Gasteiger partial charge in [-0.3, -0.25) is 0 Å². The number of aryl methyl sites for hydroxylation is 1. The summed E-state index contributed by atoms with van der Waals surface area (Å²) in [4.78, 5) is 11.1. The second-order valence-electron chi connectivity index (χ2n) is 3.19. The first-order valence-electron chi connectivity index (χ1n) is 4.55. The monoisotopic (exact) mass is 228 g/mol. The van der Waals surface area contributed by atoms with E-state index in [0.29, 0.717) is 10.8 Å². The lowest BCUT2D eigenvalue weighted by molar-refractivity contribution is -0.147. The van der Waals surface area contributed by atoms with Gasteiger partial charge in [-0.15, -0.1) is 0 Å². The first-order chi connectivity index (χ1) is 7.04. The number of carbonyl (C=O) groups excluding carboxylic acids is 1. The van der Waals surface area contributed by atoms with Gasteiger partial charge in [0.05, 0.1) is 7.11 Å². The molecule has 0 aliphatic rings. The Bertz CT molecular complexity index is 363. The molecule has 0 aliphatic heterocycles. The molecule has 0 radical (unpaired) electrons. The number of esters is 1. The van der Waals surface area contributed by atoms with Crippen molar-refractivity contribution in [1.82, 2.24) is 0 Å². The molecule has 0 spiro atoms. The molecule has 0 bridgehead atoms. The topological polar surface area (TPSA) is 35.5 Å². The Hall–Kier alpha value is -1.22. The highest BCUT2D eigenvalue weighted by Crippen LogP contribution is 2.21. The molecule has 0 heterocycles. The van der Waals surface area contributed by atoms with Crippen LogP contribution in [0.25, 0.3) is 0 Å². The molecule has 0 N–H and O–H groups in total. The third kappa shape index (κ3) is 3.13. The largest absolute Gasteiger partial charge is 0.479 e. The summed E-state index contributed by atoms with van der Waals surface area (Å²) in [5.74, 6) is 0.206. The zero-order valence-electron chi connectivity index (χ0n) is 8.91. The van der Waals surface area contributed by atoms with Crippen LogP contribution in [0.4, 0.5) is 0 Å². The molecule has 1 atom stereocenters. The van der Waals surface area contributed by atoms with Crippen molar-refractivity contribution in [3.63, 3.8) is 0 Å². The first kappa shape index (κ1) is 11.9.